The van der Waals surface area contributed by atoms with Crippen molar-refractivity contribution in [1.82, 2.24) is 0 Å². The van der Waals surface area contributed by atoms with Gasteiger partial charge in [0, 0.05) is 6.04 Å². The van der Waals surface area contributed by atoms with Gasteiger partial charge in [0.1, 0.15) is 5.75 Å². The van der Waals surface area contributed by atoms with Crippen LogP contribution in [0.15, 0.2) is 12.1 Å². The Kier molecular flexibility index (Phi) is 4.84. The van der Waals surface area contributed by atoms with E-state index in [-0.39, 0.29) is 23.9 Å². The molecule has 1 atom stereocenters. The number of aryl methyl sites for hydroxylation is 2. The van der Waals surface area contributed by atoms with Crippen molar-refractivity contribution in [2.24, 2.45) is 11.1 Å². The molecule has 0 saturated carbocycles. The van der Waals surface area contributed by atoms with Crippen molar-refractivity contribution in [2.45, 2.75) is 40.7 Å². The molecule has 0 bridgehead atoms. The number of benzene rings is 1. The van der Waals surface area contributed by atoms with Crippen molar-refractivity contribution in [2.75, 3.05) is 0 Å². The summed E-state index contributed by atoms with van der Waals surface area (Å²) in [5.41, 5.74) is 9.10. The second kappa shape index (κ2) is 5.07. The van der Waals surface area contributed by atoms with E-state index in [1.807, 2.05) is 26.0 Å². The molecule has 0 aliphatic heterocycles. The average molecular weight is 244 g/mol. The van der Waals surface area contributed by atoms with Crippen LogP contribution < -0.4 is 5.73 Å². The molecule has 3 heteroatoms. The molecule has 92 valence electrons. The number of nitrogens with two attached hydrogens (primary N) is 1. The zero-order chi connectivity index (χ0) is 11.8. The third-order valence-electron chi connectivity index (χ3n) is 2.81. The van der Waals surface area contributed by atoms with Gasteiger partial charge in [0.2, 0.25) is 0 Å². The molecule has 0 aliphatic carbocycles. The monoisotopic (exact) mass is 243 g/mol. The maximum Gasteiger partial charge on any atom is 0.121 e. The highest BCUT2D eigenvalue weighted by molar-refractivity contribution is 5.85. The van der Waals surface area contributed by atoms with E-state index in [9.17, 15) is 5.11 Å². The van der Waals surface area contributed by atoms with Crippen molar-refractivity contribution >= 4 is 12.4 Å². The highest BCUT2D eigenvalue weighted by atomic mass is 35.5. The molecule has 0 spiro atoms. The summed E-state index contributed by atoms with van der Waals surface area (Å²) in [5.74, 6) is 0.375. The molecule has 0 radical (unpaired) electrons. The SMILES string of the molecule is Cc1cc([C@H](N)C(C)(C)C)cc(C)c1O.Cl. The first-order valence-electron chi connectivity index (χ1n) is 5.29. The lowest BCUT2D eigenvalue weighted by Gasteiger charge is -2.28. The molecular weight excluding hydrogens is 222 g/mol. The fraction of sp³-hybridized carbons (Fsp3) is 0.538. The lowest BCUT2D eigenvalue weighted by molar-refractivity contribution is 0.326. The molecule has 2 nitrogen and oxygen atoms in total. The van der Waals surface area contributed by atoms with E-state index >= 15 is 0 Å². The Morgan fingerprint density at radius 3 is 1.81 bits per heavy atom. The van der Waals surface area contributed by atoms with Gasteiger partial charge in [0.05, 0.1) is 0 Å². The van der Waals surface area contributed by atoms with Gasteiger partial charge in [-0.2, -0.15) is 0 Å². The summed E-state index contributed by atoms with van der Waals surface area (Å²) in [5, 5.41) is 9.67. The van der Waals surface area contributed by atoms with Crippen molar-refractivity contribution in [3.05, 3.63) is 28.8 Å². The molecule has 1 aromatic rings. The third kappa shape index (κ3) is 3.13. The van der Waals surface area contributed by atoms with Crippen LogP contribution in [-0.4, -0.2) is 5.11 Å². The fourth-order valence-corrected chi connectivity index (χ4v) is 1.67. The van der Waals surface area contributed by atoms with E-state index in [0.29, 0.717) is 5.75 Å². The second-order valence-electron chi connectivity index (χ2n) is 5.35. The second-order valence-corrected chi connectivity index (χ2v) is 5.35. The fourth-order valence-electron chi connectivity index (χ4n) is 1.67. The number of halogens is 1. The largest absolute Gasteiger partial charge is 0.507 e. The topological polar surface area (TPSA) is 46.2 Å². The summed E-state index contributed by atoms with van der Waals surface area (Å²) in [6.45, 7) is 10.2. The van der Waals surface area contributed by atoms with Crippen molar-refractivity contribution < 1.29 is 5.11 Å². The van der Waals surface area contributed by atoms with Crippen molar-refractivity contribution in [3.8, 4) is 5.75 Å². The van der Waals surface area contributed by atoms with Gasteiger partial charge >= 0.3 is 0 Å². The molecule has 0 aliphatic rings. The molecule has 0 aromatic heterocycles. The first-order chi connectivity index (χ1) is 6.73. The van der Waals surface area contributed by atoms with Gasteiger partial charge in [-0.25, -0.2) is 0 Å². The van der Waals surface area contributed by atoms with Gasteiger partial charge in [-0.15, -0.1) is 12.4 Å². The Hall–Kier alpha value is -0.730. The molecule has 3 N–H and O–H groups in total. The van der Waals surface area contributed by atoms with Crippen molar-refractivity contribution in [3.63, 3.8) is 0 Å². The quantitative estimate of drug-likeness (QED) is 0.793. The van der Waals surface area contributed by atoms with E-state index in [1.54, 1.807) is 0 Å². The van der Waals surface area contributed by atoms with Crippen LogP contribution >= 0.6 is 12.4 Å². The minimum atomic E-state index is -0.00417. The van der Waals surface area contributed by atoms with Gasteiger partial charge in [0.25, 0.3) is 0 Å². The van der Waals surface area contributed by atoms with Crippen LogP contribution in [0.5, 0.6) is 5.75 Å². The van der Waals surface area contributed by atoms with Crippen LogP contribution in [-0.2, 0) is 0 Å². The zero-order valence-electron chi connectivity index (χ0n) is 10.7. The van der Waals surface area contributed by atoms with Crippen molar-refractivity contribution in [1.29, 1.82) is 0 Å². The van der Waals surface area contributed by atoms with E-state index in [0.717, 1.165) is 16.7 Å². The Morgan fingerprint density at radius 2 is 1.50 bits per heavy atom. The smallest absolute Gasteiger partial charge is 0.121 e. The van der Waals surface area contributed by atoms with E-state index in [1.165, 1.54) is 0 Å². The zero-order valence-corrected chi connectivity index (χ0v) is 11.5. The van der Waals surface area contributed by atoms with E-state index in [2.05, 4.69) is 20.8 Å². The Bertz CT molecular complexity index is 346. The number of hydrogen-bond donors (Lipinski definition) is 2. The standard InChI is InChI=1S/C13H21NO.ClH/c1-8-6-10(7-9(2)11(8)15)12(14)13(3,4)5;/h6-7,12,15H,14H2,1-5H3;1H/t12-;/m0./s1. The summed E-state index contributed by atoms with van der Waals surface area (Å²) in [7, 11) is 0. The molecule has 0 unspecified atom stereocenters. The summed E-state index contributed by atoms with van der Waals surface area (Å²) >= 11 is 0. The summed E-state index contributed by atoms with van der Waals surface area (Å²) in [6.07, 6.45) is 0. The van der Waals surface area contributed by atoms with E-state index in [4.69, 9.17) is 5.73 Å². The van der Waals surface area contributed by atoms with E-state index < -0.39 is 0 Å². The lowest BCUT2D eigenvalue weighted by atomic mass is 9.82. The Balaban J connectivity index is 0.00000225. The lowest BCUT2D eigenvalue weighted by Crippen LogP contribution is -2.26. The predicted octanol–water partition coefficient (Wildman–Crippen LogP) is 3.48. The molecule has 0 heterocycles. The average Bonchev–Trinajstić information content (AvgIpc) is 2.10. The minimum Gasteiger partial charge on any atom is -0.507 e. The highest BCUT2D eigenvalue weighted by Crippen LogP contribution is 2.33. The van der Waals surface area contributed by atoms with Crippen LogP contribution in [0.1, 0.15) is 43.5 Å². The number of phenolic OH excluding ortho intramolecular Hbond substituents is 1. The number of hydrogen-bond acceptors (Lipinski definition) is 2. The molecule has 16 heavy (non-hydrogen) atoms. The van der Waals surface area contributed by atoms with Gasteiger partial charge < -0.3 is 10.8 Å². The van der Waals surface area contributed by atoms with Crippen LogP contribution in [0.3, 0.4) is 0 Å². The Labute approximate surface area is 104 Å². The maximum absolute atomic E-state index is 9.67. The number of aromatic hydroxyl groups is 1. The first-order valence-corrected chi connectivity index (χ1v) is 5.29. The number of phenols is 1. The first kappa shape index (κ1) is 15.3. The Morgan fingerprint density at radius 1 is 1.12 bits per heavy atom. The van der Waals surface area contributed by atoms with Crippen LogP contribution in [0.25, 0.3) is 0 Å². The number of rotatable bonds is 1. The molecule has 0 fully saturated rings. The third-order valence-corrected chi connectivity index (χ3v) is 2.81. The van der Waals surface area contributed by atoms with Gasteiger partial charge in [-0.05, 0) is 36.0 Å². The maximum atomic E-state index is 9.67. The minimum absolute atomic E-state index is 0. The van der Waals surface area contributed by atoms with Gasteiger partial charge in [-0.1, -0.05) is 32.9 Å². The molecule has 1 aromatic carbocycles. The van der Waals surface area contributed by atoms with Gasteiger partial charge in [-0.3, -0.25) is 0 Å². The summed E-state index contributed by atoms with van der Waals surface area (Å²) in [6, 6.07) is 3.94. The predicted molar refractivity (Wildman–Crippen MR) is 71.2 cm³/mol. The van der Waals surface area contributed by atoms with Crippen LogP contribution in [0.4, 0.5) is 0 Å². The van der Waals surface area contributed by atoms with Gasteiger partial charge in [0.15, 0.2) is 0 Å². The summed E-state index contributed by atoms with van der Waals surface area (Å²) in [4.78, 5) is 0. The normalized spacial score (nSPS) is 13.1. The van der Waals surface area contributed by atoms with Crippen LogP contribution in [0, 0.1) is 19.3 Å². The van der Waals surface area contributed by atoms with Crippen LogP contribution in [0.2, 0.25) is 0 Å². The molecule has 0 amide bonds. The summed E-state index contributed by atoms with van der Waals surface area (Å²) < 4.78 is 0. The molecule has 0 saturated heterocycles. The molecule has 1 rings (SSSR count). The highest BCUT2D eigenvalue weighted by Gasteiger charge is 2.23. The molecular formula is C13H22ClNO.